The molecule has 7 heteroatoms. The van der Waals surface area contributed by atoms with Gasteiger partial charge in [-0.1, -0.05) is 19.1 Å². The van der Waals surface area contributed by atoms with E-state index in [9.17, 15) is 5.11 Å². The first-order valence-corrected chi connectivity index (χ1v) is 10.3. The predicted octanol–water partition coefficient (Wildman–Crippen LogP) is 3.76. The molecule has 4 rings (SSSR count). The van der Waals surface area contributed by atoms with Crippen molar-refractivity contribution in [2.75, 3.05) is 25.6 Å². The molecule has 0 atom stereocenters. The van der Waals surface area contributed by atoms with E-state index in [1.807, 2.05) is 12.1 Å². The number of hydrogen-bond donors (Lipinski definition) is 2. The Hall–Kier alpha value is -2.38. The van der Waals surface area contributed by atoms with Gasteiger partial charge in [0.05, 0.1) is 31.1 Å². The molecule has 2 N–H and O–H groups in total. The molecule has 2 aliphatic rings. The highest BCUT2D eigenvalue weighted by Gasteiger charge is 2.26. The van der Waals surface area contributed by atoms with Crippen molar-refractivity contribution in [3.63, 3.8) is 0 Å². The summed E-state index contributed by atoms with van der Waals surface area (Å²) in [5, 5.41) is 13.2. The Labute approximate surface area is 171 Å². The maximum absolute atomic E-state index is 9.67. The Bertz CT molecular complexity index is 816. The van der Waals surface area contributed by atoms with Crippen LogP contribution in [0.5, 0.6) is 11.6 Å². The van der Waals surface area contributed by atoms with Gasteiger partial charge in [0.2, 0.25) is 11.8 Å². The summed E-state index contributed by atoms with van der Waals surface area (Å²) in [5.74, 6) is 2.10. The molecular weight excluding hydrogens is 370 g/mol. The van der Waals surface area contributed by atoms with E-state index in [1.54, 1.807) is 19.2 Å². The molecule has 156 valence electrons. The van der Waals surface area contributed by atoms with Gasteiger partial charge in [0.25, 0.3) is 0 Å². The second kappa shape index (κ2) is 8.97. The summed E-state index contributed by atoms with van der Waals surface area (Å²) >= 11 is 0. The lowest BCUT2D eigenvalue weighted by molar-refractivity contribution is -0.0811. The molecule has 29 heavy (non-hydrogen) atoms. The monoisotopic (exact) mass is 399 g/mol. The van der Waals surface area contributed by atoms with Gasteiger partial charge in [0.1, 0.15) is 11.9 Å². The van der Waals surface area contributed by atoms with E-state index in [-0.39, 0.29) is 11.9 Å². The van der Waals surface area contributed by atoms with Gasteiger partial charge in [-0.15, -0.1) is 0 Å². The molecule has 1 aliphatic heterocycles. The molecule has 2 heterocycles. The van der Waals surface area contributed by atoms with Gasteiger partial charge in [0, 0.05) is 13.2 Å². The first kappa shape index (κ1) is 19.9. The highest BCUT2D eigenvalue weighted by Crippen LogP contribution is 2.35. The van der Waals surface area contributed by atoms with Crippen LogP contribution in [0, 0.1) is 5.92 Å². The first-order valence-electron chi connectivity index (χ1n) is 10.3. The molecule has 0 spiro atoms. The van der Waals surface area contributed by atoms with E-state index in [0.717, 1.165) is 35.6 Å². The minimum Gasteiger partial charge on any atom is -0.508 e. The lowest BCUT2D eigenvalue weighted by atomic mass is 9.87. The van der Waals surface area contributed by atoms with E-state index in [0.29, 0.717) is 37.7 Å². The van der Waals surface area contributed by atoms with Crippen LogP contribution in [0.2, 0.25) is 0 Å². The molecule has 2 aromatic rings. The fourth-order valence-electron chi connectivity index (χ4n) is 3.82. The molecule has 1 aromatic heterocycles. The zero-order chi connectivity index (χ0) is 20.2. The van der Waals surface area contributed by atoms with Crippen LogP contribution in [0.3, 0.4) is 0 Å². The zero-order valence-electron chi connectivity index (χ0n) is 17.1. The Morgan fingerprint density at radius 1 is 1.10 bits per heavy atom. The second-order valence-electron chi connectivity index (χ2n) is 8.03. The van der Waals surface area contributed by atoms with Gasteiger partial charge in [0.15, 0.2) is 0 Å². The number of phenolic OH excluding ortho intramolecular Hbond substituents is 1. The molecule has 1 saturated heterocycles. The van der Waals surface area contributed by atoms with Crippen LogP contribution in [0.1, 0.15) is 38.3 Å². The number of nitrogens with one attached hydrogen (secondary N) is 1. The normalized spacial score (nSPS) is 22.1. The number of nitrogens with zero attached hydrogens (tertiary/aromatic N) is 2. The number of ether oxygens (including phenoxy) is 3. The van der Waals surface area contributed by atoms with Crippen molar-refractivity contribution in [3.8, 4) is 22.8 Å². The van der Waals surface area contributed by atoms with Crippen molar-refractivity contribution >= 4 is 5.95 Å². The largest absolute Gasteiger partial charge is 0.508 e. The van der Waals surface area contributed by atoms with E-state index in [4.69, 9.17) is 24.2 Å². The van der Waals surface area contributed by atoms with Crippen molar-refractivity contribution in [1.82, 2.24) is 9.97 Å². The zero-order valence-corrected chi connectivity index (χ0v) is 17.1. The molecule has 1 aliphatic carbocycles. The van der Waals surface area contributed by atoms with Crippen LogP contribution in [-0.2, 0) is 16.1 Å². The van der Waals surface area contributed by atoms with E-state index in [2.05, 4.69) is 12.2 Å². The number of benzene rings is 1. The molecule has 0 bridgehead atoms. The summed E-state index contributed by atoms with van der Waals surface area (Å²) in [6.07, 6.45) is 4.67. The number of methoxy groups -OCH3 is 1. The highest BCUT2D eigenvalue weighted by molar-refractivity contribution is 5.72. The average Bonchev–Trinajstić information content (AvgIpc) is 2.68. The van der Waals surface area contributed by atoms with Gasteiger partial charge in [-0.2, -0.15) is 4.98 Å². The molecule has 1 saturated carbocycles. The van der Waals surface area contributed by atoms with Gasteiger partial charge in [-0.3, -0.25) is 0 Å². The topological polar surface area (TPSA) is 85.7 Å². The third kappa shape index (κ3) is 4.79. The van der Waals surface area contributed by atoms with Gasteiger partial charge < -0.3 is 24.6 Å². The maximum Gasteiger partial charge on any atom is 0.227 e. The van der Waals surface area contributed by atoms with Gasteiger partial charge >= 0.3 is 0 Å². The average molecular weight is 399 g/mol. The highest BCUT2D eigenvalue weighted by atomic mass is 16.6. The summed E-state index contributed by atoms with van der Waals surface area (Å²) < 4.78 is 16.9. The summed E-state index contributed by atoms with van der Waals surface area (Å²) in [7, 11) is 1.65. The fourth-order valence-corrected chi connectivity index (χ4v) is 3.82. The number of aromatic hydroxyl groups is 1. The number of hydrogen-bond acceptors (Lipinski definition) is 7. The molecule has 2 fully saturated rings. The molecule has 0 unspecified atom stereocenters. The van der Waals surface area contributed by atoms with Crippen molar-refractivity contribution in [1.29, 1.82) is 0 Å². The summed E-state index contributed by atoms with van der Waals surface area (Å²) in [6, 6.07) is 7.36. The standard InChI is InChI=1S/C22H29N3O4/c1-14-3-7-16(8-4-14)23-22-24-19(13-27-2)20(15-5-9-17(26)10-6-15)21(25-22)29-18-11-28-12-18/h5-6,9-10,14,16,18,26H,3-4,7-8,11-13H2,1-2H3,(H,23,24,25)/t14-,16-. The Morgan fingerprint density at radius 3 is 2.45 bits per heavy atom. The maximum atomic E-state index is 9.67. The van der Waals surface area contributed by atoms with E-state index >= 15 is 0 Å². The molecule has 0 amide bonds. The fraction of sp³-hybridized carbons (Fsp3) is 0.545. The van der Waals surface area contributed by atoms with Crippen molar-refractivity contribution in [3.05, 3.63) is 30.0 Å². The van der Waals surface area contributed by atoms with Crippen molar-refractivity contribution in [2.24, 2.45) is 5.92 Å². The lowest BCUT2D eigenvalue weighted by Gasteiger charge is -2.29. The van der Waals surface area contributed by atoms with E-state index < -0.39 is 0 Å². The smallest absolute Gasteiger partial charge is 0.227 e. The Balaban J connectivity index is 1.68. The van der Waals surface area contributed by atoms with Crippen molar-refractivity contribution < 1.29 is 19.3 Å². The first-order chi connectivity index (χ1) is 14.1. The number of anilines is 1. The third-order valence-electron chi connectivity index (χ3n) is 5.62. The summed E-state index contributed by atoms with van der Waals surface area (Å²) in [4.78, 5) is 9.50. The van der Waals surface area contributed by atoms with Crippen LogP contribution in [0.15, 0.2) is 24.3 Å². The Kier molecular flexibility index (Phi) is 6.16. The minimum absolute atomic E-state index is 0.0143. The molecular formula is C22H29N3O4. The van der Waals surface area contributed by atoms with Crippen LogP contribution in [0.25, 0.3) is 11.1 Å². The molecule has 7 nitrogen and oxygen atoms in total. The van der Waals surface area contributed by atoms with Crippen LogP contribution in [-0.4, -0.2) is 47.5 Å². The third-order valence-corrected chi connectivity index (χ3v) is 5.62. The molecule has 1 aromatic carbocycles. The predicted molar refractivity (Wildman–Crippen MR) is 110 cm³/mol. The Morgan fingerprint density at radius 2 is 1.83 bits per heavy atom. The van der Waals surface area contributed by atoms with Crippen molar-refractivity contribution in [2.45, 2.75) is 51.4 Å². The van der Waals surface area contributed by atoms with Crippen LogP contribution < -0.4 is 10.1 Å². The summed E-state index contributed by atoms with van der Waals surface area (Å²) in [5.41, 5.74) is 2.43. The lowest BCUT2D eigenvalue weighted by Crippen LogP contribution is -2.39. The number of phenols is 1. The molecule has 0 radical (unpaired) electrons. The van der Waals surface area contributed by atoms with Crippen LogP contribution in [0.4, 0.5) is 5.95 Å². The van der Waals surface area contributed by atoms with Crippen LogP contribution >= 0.6 is 0 Å². The number of rotatable bonds is 7. The SMILES string of the molecule is COCc1nc(N[C@H]2CC[C@H](C)CC2)nc(OC2COC2)c1-c1ccc(O)cc1. The van der Waals surface area contributed by atoms with E-state index in [1.165, 1.54) is 12.8 Å². The quantitative estimate of drug-likeness (QED) is 0.733. The summed E-state index contributed by atoms with van der Waals surface area (Å²) in [6.45, 7) is 3.76. The minimum atomic E-state index is -0.0143. The number of aromatic nitrogens is 2. The van der Waals surface area contributed by atoms with Gasteiger partial charge in [-0.05, 0) is 49.3 Å². The second-order valence-corrected chi connectivity index (χ2v) is 8.03. The van der Waals surface area contributed by atoms with Gasteiger partial charge in [-0.25, -0.2) is 4.98 Å².